The molecule has 0 fully saturated rings. The summed E-state index contributed by atoms with van der Waals surface area (Å²) in [6, 6.07) is 12.0. The average molecular weight is 688 g/mol. The first kappa shape index (κ1) is 37.2. The number of rotatable bonds is 16. The molecule has 1 atom stereocenters. The number of amides is 2. The van der Waals surface area contributed by atoms with E-state index < -0.39 is 48.3 Å². The van der Waals surface area contributed by atoms with Crippen molar-refractivity contribution in [3.05, 3.63) is 76.9 Å². The van der Waals surface area contributed by atoms with Crippen LogP contribution >= 0.6 is 0 Å². The molecule has 4 rings (SSSR count). The monoisotopic (exact) mass is 687 g/mol. The van der Waals surface area contributed by atoms with Gasteiger partial charge >= 0.3 is 6.09 Å². The lowest BCUT2D eigenvalue weighted by Gasteiger charge is -2.32. The number of nitrogens with two attached hydrogens (primary N) is 1. The lowest BCUT2D eigenvalue weighted by atomic mass is 9.97. The predicted octanol–water partition coefficient (Wildman–Crippen LogP) is 6.20. The van der Waals surface area contributed by atoms with E-state index in [2.05, 4.69) is 4.90 Å². The first-order valence-electron chi connectivity index (χ1n) is 16.2. The SMILES string of the molecule is C[C@H](Cc1cc2c(c(C(N)=O)c1)N(CCCO)CC2)N(CCOc1ccc(Oc2ccc(OCCF)c(F)c2F)cc1)C(=O)OC(C)(C)C. The fourth-order valence-corrected chi connectivity index (χ4v) is 5.59. The first-order chi connectivity index (χ1) is 23.3. The van der Waals surface area contributed by atoms with Gasteiger partial charge in [-0.25, -0.2) is 9.18 Å². The molecule has 3 aromatic carbocycles. The van der Waals surface area contributed by atoms with E-state index in [1.54, 1.807) is 43.9 Å². The fraction of sp³-hybridized carbons (Fsp3) is 0.444. The second kappa shape index (κ2) is 16.6. The standard InChI is InChI=1S/C36H44F3N3O7/c1-23(20-24-21-25-12-15-41(14-5-17-43)33(25)28(22-24)34(40)44)42(35(45)49-36(2,3)4)16-19-46-26-6-8-27(9-7-26)48-30-11-10-29(47-18-13-37)31(38)32(30)39/h6-11,21-23,43H,5,12-20H2,1-4H3,(H2,40,44)/t23-/m1/s1. The third-order valence-electron chi connectivity index (χ3n) is 7.76. The van der Waals surface area contributed by atoms with E-state index >= 15 is 0 Å². The lowest BCUT2D eigenvalue weighted by Crippen LogP contribution is -2.45. The van der Waals surface area contributed by atoms with Crippen molar-refractivity contribution >= 4 is 17.7 Å². The Labute approximate surface area is 284 Å². The summed E-state index contributed by atoms with van der Waals surface area (Å²) in [7, 11) is 0. The summed E-state index contributed by atoms with van der Waals surface area (Å²) in [5.41, 5.74) is 8.13. The van der Waals surface area contributed by atoms with Crippen LogP contribution in [0.4, 0.5) is 23.7 Å². The maximum Gasteiger partial charge on any atom is 0.410 e. The number of nitrogens with zero attached hydrogens (tertiary/aromatic N) is 2. The molecule has 3 N–H and O–H groups in total. The van der Waals surface area contributed by atoms with Gasteiger partial charge in [-0.1, -0.05) is 6.07 Å². The average Bonchev–Trinajstić information content (AvgIpc) is 3.45. The molecule has 2 amide bonds. The highest BCUT2D eigenvalue weighted by Crippen LogP contribution is 2.34. The smallest absolute Gasteiger partial charge is 0.410 e. The third kappa shape index (κ3) is 9.94. The molecule has 0 saturated heterocycles. The van der Waals surface area contributed by atoms with Crippen LogP contribution in [0.25, 0.3) is 0 Å². The molecule has 1 aliphatic heterocycles. The molecule has 0 unspecified atom stereocenters. The molecule has 3 aromatic rings. The van der Waals surface area contributed by atoms with Crippen LogP contribution in [0.2, 0.25) is 0 Å². The first-order valence-corrected chi connectivity index (χ1v) is 16.2. The van der Waals surface area contributed by atoms with E-state index in [0.29, 0.717) is 30.7 Å². The molecular weight excluding hydrogens is 643 g/mol. The summed E-state index contributed by atoms with van der Waals surface area (Å²) in [6.45, 7) is 7.69. The second-order valence-electron chi connectivity index (χ2n) is 12.7. The van der Waals surface area contributed by atoms with E-state index in [1.165, 1.54) is 18.2 Å². The Morgan fingerprint density at radius 2 is 1.67 bits per heavy atom. The van der Waals surface area contributed by atoms with Crippen LogP contribution in [0.15, 0.2) is 48.5 Å². The van der Waals surface area contributed by atoms with Crippen molar-refractivity contribution in [1.82, 2.24) is 4.90 Å². The Hall–Kier alpha value is -4.65. The van der Waals surface area contributed by atoms with Crippen molar-refractivity contribution in [3.63, 3.8) is 0 Å². The minimum Gasteiger partial charge on any atom is -0.492 e. The number of anilines is 1. The molecule has 0 radical (unpaired) electrons. The van der Waals surface area contributed by atoms with Gasteiger partial charge in [0.2, 0.25) is 11.6 Å². The number of aliphatic hydroxyl groups excluding tert-OH is 1. The molecule has 1 aliphatic rings. The van der Waals surface area contributed by atoms with Crippen molar-refractivity contribution in [2.24, 2.45) is 5.73 Å². The number of primary amides is 1. The van der Waals surface area contributed by atoms with Gasteiger partial charge in [-0.3, -0.25) is 4.79 Å². The minimum atomic E-state index is -1.28. The highest BCUT2D eigenvalue weighted by atomic mass is 19.2. The van der Waals surface area contributed by atoms with Crippen molar-refractivity contribution < 1.29 is 46.8 Å². The summed E-state index contributed by atoms with van der Waals surface area (Å²) in [4.78, 5) is 29.4. The van der Waals surface area contributed by atoms with Crippen LogP contribution in [0.1, 0.15) is 55.6 Å². The zero-order chi connectivity index (χ0) is 35.7. The number of carbonyl (C=O) groups is 2. The van der Waals surface area contributed by atoms with E-state index in [9.17, 15) is 27.9 Å². The van der Waals surface area contributed by atoms with Gasteiger partial charge in [0.05, 0.1) is 17.8 Å². The number of alkyl halides is 1. The van der Waals surface area contributed by atoms with Crippen molar-refractivity contribution in [2.45, 2.75) is 58.6 Å². The molecule has 0 spiro atoms. The quantitative estimate of drug-likeness (QED) is 0.183. The molecule has 0 aromatic heterocycles. The van der Waals surface area contributed by atoms with E-state index in [4.69, 9.17) is 24.7 Å². The van der Waals surface area contributed by atoms with Crippen LogP contribution in [0.5, 0.6) is 23.0 Å². The van der Waals surface area contributed by atoms with E-state index in [0.717, 1.165) is 35.8 Å². The zero-order valence-electron chi connectivity index (χ0n) is 28.3. The van der Waals surface area contributed by atoms with E-state index in [1.807, 2.05) is 13.0 Å². The number of aliphatic hydroxyl groups is 1. The highest BCUT2D eigenvalue weighted by Gasteiger charge is 2.29. The predicted molar refractivity (Wildman–Crippen MR) is 179 cm³/mol. The topological polar surface area (TPSA) is 124 Å². The zero-order valence-corrected chi connectivity index (χ0v) is 28.3. The number of carbonyl (C=O) groups excluding carboxylic acids is 2. The van der Waals surface area contributed by atoms with Gasteiger partial charge in [0.1, 0.15) is 37.0 Å². The van der Waals surface area contributed by atoms with Gasteiger partial charge in [-0.2, -0.15) is 8.78 Å². The summed E-state index contributed by atoms with van der Waals surface area (Å²) < 4.78 is 63.0. The van der Waals surface area contributed by atoms with Gasteiger partial charge in [0.25, 0.3) is 5.91 Å². The largest absolute Gasteiger partial charge is 0.492 e. The molecule has 0 saturated carbocycles. The number of benzene rings is 3. The fourth-order valence-electron chi connectivity index (χ4n) is 5.59. The maximum absolute atomic E-state index is 14.5. The van der Waals surface area contributed by atoms with E-state index in [-0.39, 0.29) is 37.3 Å². The number of ether oxygens (including phenoxy) is 4. The Kier molecular flexibility index (Phi) is 12.6. The summed E-state index contributed by atoms with van der Waals surface area (Å²) in [5, 5.41) is 9.28. The number of hydrogen-bond acceptors (Lipinski definition) is 8. The molecular formula is C36H44F3N3O7. The number of halogens is 3. The number of hydrogen-bond donors (Lipinski definition) is 2. The van der Waals surface area contributed by atoms with Gasteiger partial charge in [-0.15, -0.1) is 0 Å². The molecule has 266 valence electrons. The van der Waals surface area contributed by atoms with Crippen LogP contribution in [-0.4, -0.2) is 79.8 Å². The molecule has 1 heterocycles. The summed E-state index contributed by atoms with van der Waals surface area (Å²) in [6.07, 6.45) is 1.23. The summed E-state index contributed by atoms with van der Waals surface area (Å²) >= 11 is 0. The third-order valence-corrected chi connectivity index (χ3v) is 7.76. The normalized spacial score (nSPS) is 13.1. The highest BCUT2D eigenvalue weighted by molar-refractivity contribution is 6.00. The molecule has 49 heavy (non-hydrogen) atoms. The van der Waals surface area contributed by atoms with Crippen molar-refractivity contribution in [3.8, 4) is 23.0 Å². The van der Waals surface area contributed by atoms with Gasteiger partial charge < -0.3 is 39.6 Å². The molecule has 0 aliphatic carbocycles. The maximum atomic E-state index is 14.5. The Bertz CT molecular complexity index is 1600. The van der Waals surface area contributed by atoms with Crippen molar-refractivity contribution in [2.75, 3.05) is 51.0 Å². The van der Waals surface area contributed by atoms with Gasteiger partial charge in [-0.05, 0) is 101 Å². The van der Waals surface area contributed by atoms with Gasteiger partial charge in [0, 0.05) is 25.7 Å². The Balaban J connectivity index is 1.42. The van der Waals surface area contributed by atoms with Gasteiger partial charge in [0.15, 0.2) is 11.5 Å². The van der Waals surface area contributed by atoms with Crippen LogP contribution in [0.3, 0.4) is 0 Å². The van der Waals surface area contributed by atoms with Crippen molar-refractivity contribution in [1.29, 1.82) is 0 Å². The van der Waals surface area contributed by atoms with Crippen LogP contribution in [0, 0.1) is 11.6 Å². The Morgan fingerprint density at radius 1 is 1.00 bits per heavy atom. The van der Waals surface area contributed by atoms with Crippen LogP contribution < -0.4 is 24.8 Å². The second-order valence-corrected chi connectivity index (χ2v) is 12.7. The lowest BCUT2D eigenvalue weighted by molar-refractivity contribution is 0.0148. The Morgan fingerprint density at radius 3 is 2.33 bits per heavy atom. The molecule has 10 nitrogen and oxygen atoms in total. The summed E-state index contributed by atoms with van der Waals surface area (Å²) in [5.74, 6) is -3.20. The number of fused-ring (bicyclic) bond motifs is 1. The minimum absolute atomic E-state index is 0.0528. The molecule has 0 bridgehead atoms. The van der Waals surface area contributed by atoms with Crippen LogP contribution in [-0.2, 0) is 17.6 Å². The molecule has 13 heteroatoms.